The first-order chi connectivity index (χ1) is 7.29. The van der Waals surface area contributed by atoms with Gasteiger partial charge in [0.15, 0.2) is 0 Å². The van der Waals surface area contributed by atoms with Crippen LogP contribution in [-0.2, 0) is 9.47 Å². The van der Waals surface area contributed by atoms with Gasteiger partial charge in [-0.2, -0.15) is 0 Å². The molecule has 16 heavy (non-hydrogen) atoms. The highest BCUT2D eigenvalue weighted by atomic mass is 16.6. The van der Waals surface area contributed by atoms with Crippen LogP contribution in [0.2, 0.25) is 0 Å². The van der Waals surface area contributed by atoms with E-state index in [0.29, 0.717) is 19.7 Å². The normalized spacial score (nSPS) is 24.1. The monoisotopic (exact) mass is 230 g/mol. The predicted molar refractivity (Wildman–Crippen MR) is 61.2 cm³/mol. The van der Waals surface area contributed by atoms with Crippen molar-refractivity contribution >= 4 is 6.09 Å². The number of carbonyl (C=O) groups excluding carboxylic acids is 1. The smallest absolute Gasteiger partial charge is 0.410 e. The van der Waals surface area contributed by atoms with Crippen molar-refractivity contribution in [3.8, 4) is 0 Å². The summed E-state index contributed by atoms with van der Waals surface area (Å²) in [6, 6.07) is -0.0785. The number of hydrogen-bond acceptors (Lipinski definition) is 4. The van der Waals surface area contributed by atoms with Gasteiger partial charge in [-0.25, -0.2) is 4.79 Å². The molecule has 0 bridgehead atoms. The fraction of sp³-hybridized carbons (Fsp3) is 0.909. The summed E-state index contributed by atoms with van der Waals surface area (Å²) in [5.41, 5.74) is 5.29. The average molecular weight is 230 g/mol. The molecular weight excluding hydrogens is 208 g/mol. The standard InChI is InChI=1S/C11H22N2O3/c1-8(12)9-7-13(5-6-15-9)10(14)16-11(2,3)4/h8-9H,5-7,12H2,1-4H3. The number of hydrogen-bond donors (Lipinski definition) is 1. The van der Waals surface area contributed by atoms with E-state index < -0.39 is 5.60 Å². The summed E-state index contributed by atoms with van der Waals surface area (Å²) in [4.78, 5) is 13.4. The molecule has 0 aromatic heterocycles. The first-order valence-corrected chi connectivity index (χ1v) is 5.65. The van der Waals surface area contributed by atoms with Crippen molar-refractivity contribution in [3.63, 3.8) is 0 Å². The lowest BCUT2D eigenvalue weighted by Gasteiger charge is -2.35. The predicted octanol–water partition coefficient (Wildman–Crippen LogP) is 0.969. The molecular formula is C11H22N2O3. The van der Waals surface area contributed by atoms with Crippen molar-refractivity contribution in [2.45, 2.75) is 45.4 Å². The molecule has 0 aromatic carbocycles. The van der Waals surface area contributed by atoms with Crippen LogP contribution < -0.4 is 5.73 Å². The number of nitrogens with zero attached hydrogens (tertiary/aromatic N) is 1. The van der Waals surface area contributed by atoms with Crippen LogP contribution in [0.15, 0.2) is 0 Å². The summed E-state index contributed by atoms with van der Waals surface area (Å²) in [6.07, 6.45) is -0.386. The van der Waals surface area contributed by atoms with E-state index in [1.807, 2.05) is 27.7 Å². The van der Waals surface area contributed by atoms with E-state index in [9.17, 15) is 4.79 Å². The molecule has 1 aliphatic heterocycles. The largest absolute Gasteiger partial charge is 0.444 e. The second-order valence-electron chi connectivity index (χ2n) is 5.19. The Morgan fingerprint density at radius 2 is 2.19 bits per heavy atom. The van der Waals surface area contributed by atoms with Gasteiger partial charge in [0.05, 0.1) is 19.3 Å². The third-order valence-electron chi connectivity index (χ3n) is 2.33. The van der Waals surface area contributed by atoms with Gasteiger partial charge in [-0.3, -0.25) is 0 Å². The van der Waals surface area contributed by atoms with Gasteiger partial charge in [0.1, 0.15) is 5.60 Å². The Hall–Kier alpha value is -0.810. The number of morpholine rings is 1. The molecule has 1 amide bonds. The Bertz CT molecular complexity index is 248. The topological polar surface area (TPSA) is 64.8 Å². The molecule has 2 unspecified atom stereocenters. The molecule has 1 rings (SSSR count). The Morgan fingerprint density at radius 3 is 2.69 bits per heavy atom. The summed E-state index contributed by atoms with van der Waals surface area (Å²) in [6.45, 7) is 9.04. The third kappa shape index (κ3) is 3.98. The number of ether oxygens (including phenoxy) is 2. The molecule has 94 valence electrons. The summed E-state index contributed by atoms with van der Waals surface area (Å²) >= 11 is 0. The molecule has 5 heteroatoms. The molecule has 5 nitrogen and oxygen atoms in total. The number of rotatable bonds is 1. The van der Waals surface area contributed by atoms with E-state index in [-0.39, 0.29) is 18.2 Å². The van der Waals surface area contributed by atoms with Gasteiger partial charge in [-0.1, -0.05) is 0 Å². The Morgan fingerprint density at radius 1 is 1.56 bits per heavy atom. The minimum Gasteiger partial charge on any atom is -0.444 e. The van der Waals surface area contributed by atoms with Crippen LogP contribution in [0.1, 0.15) is 27.7 Å². The fourth-order valence-corrected chi connectivity index (χ4v) is 1.49. The van der Waals surface area contributed by atoms with Crippen molar-refractivity contribution in [2.75, 3.05) is 19.7 Å². The van der Waals surface area contributed by atoms with Crippen LogP contribution >= 0.6 is 0 Å². The molecule has 2 atom stereocenters. The van der Waals surface area contributed by atoms with E-state index in [4.69, 9.17) is 15.2 Å². The van der Waals surface area contributed by atoms with E-state index in [0.717, 1.165) is 0 Å². The highest BCUT2D eigenvalue weighted by Gasteiger charge is 2.29. The maximum absolute atomic E-state index is 11.8. The molecule has 1 heterocycles. The Labute approximate surface area is 96.9 Å². The van der Waals surface area contributed by atoms with Crippen molar-refractivity contribution in [2.24, 2.45) is 5.73 Å². The van der Waals surface area contributed by atoms with Crippen molar-refractivity contribution < 1.29 is 14.3 Å². The number of nitrogens with two attached hydrogens (primary N) is 1. The quantitative estimate of drug-likeness (QED) is 0.729. The minimum atomic E-state index is -0.459. The molecule has 2 N–H and O–H groups in total. The molecule has 1 saturated heterocycles. The Kier molecular flexibility index (Phi) is 4.15. The molecule has 0 aliphatic carbocycles. The highest BCUT2D eigenvalue weighted by Crippen LogP contribution is 2.13. The summed E-state index contributed by atoms with van der Waals surface area (Å²) in [5.74, 6) is 0. The zero-order valence-corrected chi connectivity index (χ0v) is 10.5. The van der Waals surface area contributed by atoms with Crippen LogP contribution in [0.4, 0.5) is 4.79 Å². The minimum absolute atomic E-state index is 0.0785. The third-order valence-corrected chi connectivity index (χ3v) is 2.33. The van der Waals surface area contributed by atoms with E-state index in [1.54, 1.807) is 4.90 Å². The van der Waals surface area contributed by atoms with Crippen LogP contribution in [-0.4, -0.2) is 48.4 Å². The number of amides is 1. The lowest BCUT2D eigenvalue weighted by Crippen LogP contribution is -2.52. The van der Waals surface area contributed by atoms with Gasteiger partial charge >= 0.3 is 6.09 Å². The van der Waals surface area contributed by atoms with Gasteiger partial charge in [0.25, 0.3) is 0 Å². The van der Waals surface area contributed by atoms with E-state index in [2.05, 4.69) is 0 Å². The van der Waals surface area contributed by atoms with Crippen molar-refractivity contribution in [1.82, 2.24) is 4.90 Å². The zero-order valence-electron chi connectivity index (χ0n) is 10.5. The Balaban J connectivity index is 2.50. The van der Waals surface area contributed by atoms with Gasteiger partial charge in [0.2, 0.25) is 0 Å². The van der Waals surface area contributed by atoms with E-state index >= 15 is 0 Å². The zero-order chi connectivity index (χ0) is 12.3. The van der Waals surface area contributed by atoms with Crippen LogP contribution in [0.3, 0.4) is 0 Å². The molecule has 1 fully saturated rings. The van der Waals surface area contributed by atoms with Gasteiger partial charge in [-0.15, -0.1) is 0 Å². The lowest BCUT2D eigenvalue weighted by atomic mass is 10.1. The second-order valence-corrected chi connectivity index (χ2v) is 5.19. The first-order valence-electron chi connectivity index (χ1n) is 5.65. The molecule has 1 aliphatic rings. The maximum atomic E-state index is 11.8. The second kappa shape index (κ2) is 5.01. The van der Waals surface area contributed by atoms with Crippen molar-refractivity contribution in [3.05, 3.63) is 0 Å². The summed E-state index contributed by atoms with van der Waals surface area (Å²) < 4.78 is 10.8. The fourth-order valence-electron chi connectivity index (χ4n) is 1.49. The molecule has 0 aromatic rings. The maximum Gasteiger partial charge on any atom is 0.410 e. The van der Waals surface area contributed by atoms with Crippen LogP contribution in [0, 0.1) is 0 Å². The van der Waals surface area contributed by atoms with Gasteiger partial charge in [0, 0.05) is 12.6 Å². The van der Waals surface area contributed by atoms with E-state index in [1.165, 1.54) is 0 Å². The van der Waals surface area contributed by atoms with Gasteiger partial charge in [-0.05, 0) is 27.7 Å². The summed E-state index contributed by atoms with van der Waals surface area (Å²) in [7, 11) is 0. The molecule has 0 radical (unpaired) electrons. The highest BCUT2D eigenvalue weighted by molar-refractivity contribution is 5.68. The number of carbonyl (C=O) groups is 1. The van der Waals surface area contributed by atoms with Crippen molar-refractivity contribution in [1.29, 1.82) is 0 Å². The summed E-state index contributed by atoms with van der Waals surface area (Å²) in [5, 5.41) is 0. The molecule has 0 saturated carbocycles. The first kappa shape index (κ1) is 13.3. The van der Waals surface area contributed by atoms with Gasteiger partial charge < -0.3 is 20.1 Å². The van der Waals surface area contributed by atoms with Crippen LogP contribution in [0.5, 0.6) is 0 Å². The van der Waals surface area contributed by atoms with Crippen LogP contribution in [0.25, 0.3) is 0 Å². The average Bonchev–Trinajstić information content (AvgIpc) is 2.15. The molecule has 0 spiro atoms. The lowest BCUT2D eigenvalue weighted by molar-refractivity contribution is -0.0483. The SMILES string of the molecule is CC(N)C1CN(C(=O)OC(C)(C)C)CCO1.